The summed E-state index contributed by atoms with van der Waals surface area (Å²) in [7, 11) is 0. The van der Waals surface area contributed by atoms with Gasteiger partial charge in [0, 0.05) is 5.56 Å². The monoisotopic (exact) mass is 328 g/mol. The van der Waals surface area contributed by atoms with Gasteiger partial charge in [0.2, 0.25) is 0 Å². The number of benzene rings is 1. The summed E-state index contributed by atoms with van der Waals surface area (Å²) in [6, 6.07) is 4.60. The predicted octanol–water partition coefficient (Wildman–Crippen LogP) is 6.70. The van der Waals surface area contributed by atoms with Crippen molar-refractivity contribution < 1.29 is 4.79 Å². The molecule has 0 aliphatic heterocycles. The van der Waals surface area contributed by atoms with Gasteiger partial charge in [-0.2, -0.15) is 0 Å². The minimum Gasteiger partial charge on any atom is -0.295 e. The quantitative estimate of drug-likeness (QED) is 0.295. The van der Waals surface area contributed by atoms with Crippen molar-refractivity contribution in [2.24, 2.45) is 5.41 Å². The lowest BCUT2D eigenvalue weighted by atomic mass is 9.85. The molecule has 0 unspecified atom stereocenters. The number of carbonyl (C=O) groups is 1. The lowest BCUT2D eigenvalue weighted by Gasteiger charge is -2.21. The number of rotatable bonds is 8. The molecule has 1 aliphatic carbocycles. The van der Waals surface area contributed by atoms with Crippen molar-refractivity contribution in [2.75, 3.05) is 0 Å². The fourth-order valence-corrected chi connectivity index (χ4v) is 3.91. The van der Waals surface area contributed by atoms with Gasteiger partial charge in [-0.3, -0.25) is 4.79 Å². The van der Waals surface area contributed by atoms with E-state index >= 15 is 0 Å². The standard InChI is InChI=1S/C23H36O/c1-5-6-7-8-9-10-11-21-16-19-12-14-23(3,4)15-13-20(19)17-22(21)18(2)24/h16-17H,5-15H2,1-4H3. The van der Waals surface area contributed by atoms with Crippen molar-refractivity contribution in [1.29, 1.82) is 0 Å². The van der Waals surface area contributed by atoms with E-state index in [0.29, 0.717) is 5.41 Å². The molecule has 1 aromatic carbocycles. The number of hydrogen-bond donors (Lipinski definition) is 0. The maximum atomic E-state index is 12.1. The van der Waals surface area contributed by atoms with Crippen LogP contribution in [0.5, 0.6) is 0 Å². The van der Waals surface area contributed by atoms with Gasteiger partial charge in [-0.15, -0.1) is 0 Å². The minimum atomic E-state index is 0.238. The zero-order valence-corrected chi connectivity index (χ0v) is 16.3. The van der Waals surface area contributed by atoms with Crippen LogP contribution >= 0.6 is 0 Å². The molecule has 0 bridgehead atoms. The van der Waals surface area contributed by atoms with Gasteiger partial charge in [0.1, 0.15) is 0 Å². The van der Waals surface area contributed by atoms with E-state index in [9.17, 15) is 4.79 Å². The summed E-state index contributed by atoms with van der Waals surface area (Å²) < 4.78 is 0. The summed E-state index contributed by atoms with van der Waals surface area (Å²) in [5.41, 5.74) is 5.65. The molecule has 0 amide bonds. The number of fused-ring (bicyclic) bond motifs is 1. The zero-order valence-electron chi connectivity index (χ0n) is 16.3. The molecule has 0 fully saturated rings. The van der Waals surface area contributed by atoms with Gasteiger partial charge in [0.05, 0.1) is 0 Å². The first kappa shape index (κ1) is 19.2. The van der Waals surface area contributed by atoms with Crippen molar-refractivity contribution in [3.63, 3.8) is 0 Å². The number of unbranched alkanes of at least 4 members (excludes halogenated alkanes) is 5. The maximum absolute atomic E-state index is 12.1. The van der Waals surface area contributed by atoms with E-state index in [1.165, 1.54) is 74.5 Å². The van der Waals surface area contributed by atoms with Crippen LogP contribution in [-0.4, -0.2) is 5.78 Å². The first-order chi connectivity index (χ1) is 11.4. The van der Waals surface area contributed by atoms with E-state index < -0.39 is 0 Å². The van der Waals surface area contributed by atoms with Crippen LogP contribution in [0.15, 0.2) is 12.1 Å². The van der Waals surface area contributed by atoms with Gasteiger partial charge in [-0.25, -0.2) is 0 Å². The number of hydrogen-bond acceptors (Lipinski definition) is 1. The van der Waals surface area contributed by atoms with Gasteiger partial charge < -0.3 is 0 Å². The molecule has 0 saturated heterocycles. The van der Waals surface area contributed by atoms with E-state index in [4.69, 9.17) is 0 Å². The predicted molar refractivity (Wildman–Crippen MR) is 104 cm³/mol. The molecular formula is C23H36O. The fourth-order valence-electron chi connectivity index (χ4n) is 3.91. The van der Waals surface area contributed by atoms with Crippen molar-refractivity contribution >= 4 is 5.78 Å². The summed E-state index contributed by atoms with van der Waals surface area (Å²) in [5.74, 6) is 0.238. The van der Waals surface area contributed by atoms with Gasteiger partial charge in [-0.1, -0.05) is 58.9 Å². The third-order valence-electron chi connectivity index (χ3n) is 5.75. The Balaban J connectivity index is 2.07. The van der Waals surface area contributed by atoms with Gasteiger partial charge in [-0.05, 0) is 73.6 Å². The molecule has 1 aromatic rings. The van der Waals surface area contributed by atoms with Crippen LogP contribution in [0.4, 0.5) is 0 Å². The minimum absolute atomic E-state index is 0.238. The van der Waals surface area contributed by atoms with E-state index in [0.717, 1.165) is 18.4 Å². The first-order valence-corrected chi connectivity index (χ1v) is 10.1. The van der Waals surface area contributed by atoms with Crippen molar-refractivity contribution in [3.05, 3.63) is 34.4 Å². The largest absolute Gasteiger partial charge is 0.295 e. The molecule has 24 heavy (non-hydrogen) atoms. The normalized spacial score (nSPS) is 16.5. The van der Waals surface area contributed by atoms with Gasteiger partial charge in [0.15, 0.2) is 5.78 Å². The molecular weight excluding hydrogens is 292 g/mol. The lowest BCUT2D eigenvalue weighted by molar-refractivity contribution is 0.101. The third kappa shape index (κ3) is 5.46. The zero-order chi connectivity index (χ0) is 17.6. The second-order valence-electron chi connectivity index (χ2n) is 8.52. The lowest BCUT2D eigenvalue weighted by Crippen LogP contribution is -2.10. The van der Waals surface area contributed by atoms with Crippen LogP contribution in [0.1, 0.15) is 106 Å². The summed E-state index contributed by atoms with van der Waals surface area (Å²) in [5, 5.41) is 0. The highest BCUT2D eigenvalue weighted by Gasteiger charge is 2.23. The Labute approximate surface area is 149 Å². The summed E-state index contributed by atoms with van der Waals surface area (Å²) in [6.45, 7) is 8.74. The molecule has 0 atom stereocenters. The van der Waals surface area contributed by atoms with Crippen LogP contribution in [0.2, 0.25) is 0 Å². The highest BCUT2D eigenvalue weighted by Crippen LogP contribution is 2.35. The molecule has 0 spiro atoms. The molecule has 0 aromatic heterocycles. The first-order valence-electron chi connectivity index (χ1n) is 10.1. The van der Waals surface area contributed by atoms with Crippen LogP contribution in [-0.2, 0) is 19.3 Å². The SMILES string of the molecule is CCCCCCCCc1cc2c(cc1C(C)=O)CCC(C)(C)CC2. The third-order valence-corrected chi connectivity index (χ3v) is 5.75. The number of Topliss-reactive ketones (excluding diaryl/α,β-unsaturated/α-hetero) is 1. The second kappa shape index (κ2) is 8.83. The Morgan fingerprint density at radius 2 is 1.54 bits per heavy atom. The van der Waals surface area contributed by atoms with E-state index in [2.05, 4.69) is 32.9 Å². The smallest absolute Gasteiger partial charge is 0.160 e. The molecule has 1 aliphatic rings. The van der Waals surface area contributed by atoms with E-state index in [1.807, 2.05) is 0 Å². The Morgan fingerprint density at radius 1 is 0.958 bits per heavy atom. The molecule has 1 heteroatoms. The molecule has 0 saturated carbocycles. The van der Waals surface area contributed by atoms with Gasteiger partial charge in [0.25, 0.3) is 0 Å². The Hall–Kier alpha value is -1.11. The highest BCUT2D eigenvalue weighted by molar-refractivity contribution is 5.96. The van der Waals surface area contributed by atoms with Crippen LogP contribution in [0, 0.1) is 5.41 Å². The average Bonchev–Trinajstić information content (AvgIpc) is 2.68. The van der Waals surface area contributed by atoms with Crippen LogP contribution < -0.4 is 0 Å². The van der Waals surface area contributed by atoms with Crippen molar-refractivity contribution in [2.45, 2.75) is 98.3 Å². The summed E-state index contributed by atoms with van der Waals surface area (Å²) >= 11 is 0. The fraction of sp³-hybridized carbons (Fsp3) is 0.696. The molecule has 0 N–H and O–H groups in total. The van der Waals surface area contributed by atoms with Crippen LogP contribution in [0.25, 0.3) is 0 Å². The van der Waals surface area contributed by atoms with E-state index in [1.54, 1.807) is 6.92 Å². The second-order valence-corrected chi connectivity index (χ2v) is 8.52. The maximum Gasteiger partial charge on any atom is 0.160 e. The van der Waals surface area contributed by atoms with E-state index in [-0.39, 0.29) is 5.78 Å². The summed E-state index contributed by atoms with van der Waals surface area (Å²) in [4.78, 5) is 12.1. The number of carbonyl (C=O) groups excluding carboxylic acids is 1. The Morgan fingerprint density at radius 3 is 2.17 bits per heavy atom. The van der Waals surface area contributed by atoms with Crippen molar-refractivity contribution in [3.8, 4) is 0 Å². The van der Waals surface area contributed by atoms with Gasteiger partial charge >= 0.3 is 0 Å². The molecule has 0 heterocycles. The molecule has 2 rings (SSSR count). The average molecular weight is 329 g/mol. The Kier molecular flexibility index (Phi) is 7.07. The van der Waals surface area contributed by atoms with Crippen LogP contribution in [0.3, 0.4) is 0 Å². The molecule has 0 radical (unpaired) electrons. The molecule has 1 nitrogen and oxygen atoms in total. The number of ketones is 1. The van der Waals surface area contributed by atoms with Crippen molar-refractivity contribution in [1.82, 2.24) is 0 Å². The topological polar surface area (TPSA) is 17.1 Å². The highest BCUT2D eigenvalue weighted by atomic mass is 16.1. The summed E-state index contributed by atoms with van der Waals surface area (Å²) in [6.07, 6.45) is 13.7. The molecule has 134 valence electrons. The Bertz CT molecular complexity index is 553. The number of aryl methyl sites for hydroxylation is 3.